The lowest BCUT2D eigenvalue weighted by Crippen LogP contribution is -2.52. The largest absolute Gasteiger partial charge is 0.351 e. The molecule has 26 heavy (non-hydrogen) atoms. The predicted molar refractivity (Wildman–Crippen MR) is 102 cm³/mol. The Morgan fingerprint density at radius 3 is 2.42 bits per heavy atom. The first-order chi connectivity index (χ1) is 12.4. The number of nitrogens with zero attached hydrogens (tertiary/aromatic N) is 2. The van der Waals surface area contributed by atoms with Gasteiger partial charge in [0.05, 0.1) is 0 Å². The molecular formula is C19H28ClN3O3. The van der Waals surface area contributed by atoms with E-state index in [9.17, 15) is 14.9 Å². The Labute approximate surface area is 160 Å². The first-order valence-electron chi connectivity index (χ1n) is 9.32. The second kappa shape index (κ2) is 9.76. The number of nitrogens with one attached hydrogen (secondary N) is 1. The van der Waals surface area contributed by atoms with Crippen LogP contribution in [0, 0.1) is 16.0 Å². The Morgan fingerprint density at radius 2 is 1.88 bits per heavy atom. The molecule has 1 amide bonds. The van der Waals surface area contributed by atoms with E-state index in [0.717, 1.165) is 36.3 Å². The van der Waals surface area contributed by atoms with Crippen LogP contribution in [-0.4, -0.2) is 28.0 Å². The zero-order valence-electron chi connectivity index (χ0n) is 15.5. The van der Waals surface area contributed by atoms with Crippen LogP contribution in [0.5, 0.6) is 0 Å². The molecule has 1 N–H and O–H groups in total. The zero-order chi connectivity index (χ0) is 19.1. The van der Waals surface area contributed by atoms with Crippen molar-refractivity contribution in [1.29, 1.82) is 0 Å². The van der Waals surface area contributed by atoms with Crippen LogP contribution >= 0.6 is 11.6 Å². The van der Waals surface area contributed by atoms with Gasteiger partial charge >= 0.3 is 0 Å². The van der Waals surface area contributed by atoms with Gasteiger partial charge in [0, 0.05) is 11.1 Å². The maximum Gasteiger partial charge on any atom is 0.248 e. The third-order valence-electron chi connectivity index (χ3n) is 4.78. The van der Waals surface area contributed by atoms with Gasteiger partial charge in [-0.1, -0.05) is 56.8 Å². The summed E-state index contributed by atoms with van der Waals surface area (Å²) in [7, 11) is 0. The average molecular weight is 382 g/mol. The summed E-state index contributed by atoms with van der Waals surface area (Å²) < 4.78 is 0. The van der Waals surface area contributed by atoms with Crippen LogP contribution in [0.3, 0.4) is 0 Å². The zero-order valence-corrected chi connectivity index (χ0v) is 16.2. The monoisotopic (exact) mass is 381 g/mol. The molecule has 1 aromatic carbocycles. The molecule has 144 valence electrons. The molecule has 0 saturated heterocycles. The van der Waals surface area contributed by atoms with Crippen LogP contribution in [0.2, 0.25) is 5.02 Å². The van der Waals surface area contributed by atoms with E-state index in [4.69, 9.17) is 11.6 Å². The van der Waals surface area contributed by atoms with Gasteiger partial charge in [0.1, 0.15) is 6.54 Å². The number of hydrogen-bond acceptors (Lipinski definition) is 3. The first kappa shape index (κ1) is 20.5. The SMILES string of the molecule is CC(C)CC(C(=O)NC1CCCCC1)N(Cc1ccc(Cl)cc1)[N+](=O)[O-]. The molecule has 1 unspecified atom stereocenters. The van der Waals surface area contributed by atoms with Crippen LogP contribution in [0.4, 0.5) is 0 Å². The lowest BCUT2D eigenvalue weighted by Gasteiger charge is -2.29. The van der Waals surface area contributed by atoms with Gasteiger partial charge in [-0.2, -0.15) is 0 Å². The van der Waals surface area contributed by atoms with Crippen molar-refractivity contribution in [2.45, 2.75) is 71.0 Å². The van der Waals surface area contributed by atoms with Gasteiger partial charge in [0.2, 0.25) is 5.91 Å². The standard InChI is InChI=1S/C19H28ClN3O3/c1-14(2)12-18(19(24)21-17-6-4-3-5-7-17)22(23(25)26)13-15-8-10-16(20)11-9-15/h8-11,14,17-18H,3-7,12-13H2,1-2H3,(H,21,24). The maximum atomic E-state index is 12.9. The molecule has 1 aromatic rings. The number of amides is 1. The normalized spacial score (nSPS) is 16.3. The van der Waals surface area contributed by atoms with Gasteiger partial charge in [-0.25, -0.2) is 10.1 Å². The summed E-state index contributed by atoms with van der Waals surface area (Å²) in [5.41, 5.74) is 0.755. The highest BCUT2D eigenvalue weighted by atomic mass is 35.5. The van der Waals surface area contributed by atoms with E-state index in [1.54, 1.807) is 24.3 Å². The number of rotatable bonds is 8. The smallest absolute Gasteiger partial charge is 0.248 e. The Bertz CT molecular complexity index is 601. The number of halogens is 1. The minimum absolute atomic E-state index is 0.0691. The number of hydrazine groups is 1. The molecule has 0 heterocycles. The molecule has 6 nitrogen and oxygen atoms in total. The van der Waals surface area contributed by atoms with Crippen LogP contribution in [0.1, 0.15) is 57.9 Å². The Morgan fingerprint density at radius 1 is 1.27 bits per heavy atom. The molecule has 0 radical (unpaired) electrons. The van der Waals surface area contributed by atoms with Gasteiger partial charge in [-0.15, -0.1) is 5.01 Å². The summed E-state index contributed by atoms with van der Waals surface area (Å²) in [6, 6.07) is 6.26. The lowest BCUT2D eigenvalue weighted by molar-refractivity contribution is -0.665. The molecule has 7 heteroatoms. The highest BCUT2D eigenvalue weighted by Gasteiger charge is 2.35. The number of hydrogen-bond donors (Lipinski definition) is 1. The minimum Gasteiger partial charge on any atom is -0.351 e. The van der Waals surface area contributed by atoms with Crippen LogP contribution in [-0.2, 0) is 11.3 Å². The molecule has 0 aliphatic heterocycles. The van der Waals surface area contributed by atoms with Crippen LogP contribution in [0.25, 0.3) is 0 Å². The Balaban J connectivity index is 2.14. The minimum atomic E-state index is -0.789. The summed E-state index contributed by atoms with van der Waals surface area (Å²) in [4.78, 5) is 24.6. The highest BCUT2D eigenvalue weighted by Crippen LogP contribution is 2.20. The fourth-order valence-electron chi connectivity index (χ4n) is 3.41. The molecule has 1 fully saturated rings. The van der Waals surface area contributed by atoms with E-state index >= 15 is 0 Å². The van der Waals surface area contributed by atoms with Gasteiger partial charge in [-0.3, -0.25) is 4.79 Å². The molecule has 0 aromatic heterocycles. The van der Waals surface area contributed by atoms with E-state index in [1.165, 1.54) is 6.42 Å². The molecule has 1 atom stereocenters. The molecule has 0 bridgehead atoms. The summed E-state index contributed by atoms with van der Waals surface area (Å²) in [6.07, 6.45) is 5.74. The Hall–Kier alpha value is -1.82. The fourth-order valence-corrected chi connectivity index (χ4v) is 3.54. The lowest BCUT2D eigenvalue weighted by atomic mass is 9.94. The van der Waals surface area contributed by atoms with E-state index < -0.39 is 11.1 Å². The van der Waals surface area contributed by atoms with E-state index in [2.05, 4.69) is 5.32 Å². The van der Waals surface area contributed by atoms with Crippen LogP contribution < -0.4 is 5.32 Å². The molecular weight excluding hydrogens is 354 g/mol. The summed E-state index contributed by atoms with van der Waals surface area (Å²) in [5, 5.41) is 15.9. The number of carbonyl (C=O) groups is 1. The molecule has 0 spiro atoms. The van der Waals surface area contributed by atoms with Crippen molar-refractivity contribution in [3.05, 3.63) is 45.0 Å². The van der Waals surface area contributed by atoms with Gasteiger partial charge in [0.15, 0.2) is 11.1 Å². The second-order valence-corrected chi connectivity index (χ2v) is 7.89. The number of carbonyl (C=O) groups excluding carboxylic acids is 1. The summed E-state index contributed by atoms with van der Waals surface area (Å²) in [6.45, 7) is 4.02. The number of nitro groups is 1. The molecule has 1 aliphatic rings. The van der Waals surface area contributed by atoms with Crippen molar-refractivity contribution in [2.75, 3.05) is 0 Å². The quantitative estimate of drug-likeness (QED) is 0.541. The molecule has 1 saturated carbocycles. The van der Waals surface area contributed by atoms with E-state index in [1.807, 2.05) is 13.8 Å². The topological polar surface area (TPSA) is 75.5 Å². The van der Waals surface area contributed by atoms with Crippen molar-refractivity contribution >= 4 is 17.5 Å². The van der Waals surface area contributed by atoms with E-state index in [-0.39, 0.29) is 24.4 Å². The van der Waals surface area contributed by atoms with Crippen molar-refractivity contribution < 1.29 is 9.83 Å². The summed E-state index contributed by atoms with van der Waals surface area (Å²) >= 11 is 5.89. The van der Waals surface area contributed by atoms with Gasteiger partial charge in [0.25, 0.3) is 0 Å². The highest BCUT2D eigenvalue weighted by molar-refractivity contribution is 6.30. The fraction of sp³-hybridized carbons (Fsp3) is 0.632. The van der Waals surface area contributed by atoms with Gasteiger partial charge in [-0.05, 0) is 42.9 Å². The van der Waals surface area contributed by atoms with Gasteiger partial charge < -0.3 is 5.32 Å². The van der Waals surface area contributed by atoms with Crippen molar-refractivity contribution in [3.63, 3.8) is 0 Å². The molecule has 1 aliphatic carbocycles. The van der Waals surface area contributed by atoms with Crippen molar-refractivity contribution in [2.24, 2.45) is 5.92 Å². The Kier molecular flexibility index (Phi) is 7.69. The number of benzene rings is 1. The van der Waals surface area contributed by atoms with Crippen LogP contribution in [0.15, 0.2) is 24.3 Å². The first-order valence-corrected chi connectivity index (χ1v) is 9.70. The third kappa shape index (κ3) is 6.16. The third-order valence-corrected chi connectivity index (χ3v) is 5.03. The molecule has 2 rings (SSSR count). The average Bonchev–Trinajstić information content (AvgIpc) is 2.60. The maximum absolute atomic E-state index is 12.9. The van der Waals surface area contributed by atoms with E-state index in [0.29, 0.717) is 11.4 Å². The predicted octanol–water partition coefficient (Wildman–Crippen LogP) is 4.20. The second-order valence-electron chi connectivity index (χ2n) is 7.45. The summed E-state index contributed by atoms with van der Waals surface area (Å²) in [5.74, 6) is -0.0685. The van der Waals surface area contributed by atoms with Crippen molar-refractivity contribution in [1.82, 2.24) is 10.3 Å². The van der Waals surface area contributed by atoms with Crippen molar-refractivity contribution in [3.8, 4) is 0 Å².